The molecule has 0 bridgehead atoms. The molecule has 90 valence electrons. The molecule has 3 aromatic rings. The lowest BCUT2D eigenvalue weighted by Gasteiger charge is -2.00. The predicted octanol–water partition coefficient (Wildman–Crippen LogP) is 2.40. The first kappa shape index (κ1) is 10.9. The van der Waals surface area contributed by atoms with Gasteiger partial charge in [-0.25, -0.2) is 14.5 Å². The summed E-state index contributed by atoms with van der Waals surface area (Å²) in [7, 11) is 1.69. The van der Waals surface area contributed by atoms with Crippen molar-refractivity contribution in [3.63, 3.8) is 0 Å². The number of nitrogens with zero attached hydrogens (tertiary/aromatic N) is 3. The fourth-order valence-corrected chi connectivity index (χ4v) is 2.72. The van der Waals surface area contributed by atoms with E-state index < -0.39 is 5.97 Å². The van der Waals surface area contributed by atoms with Crippen LogP contribution in [0.2, 0.25) is 0 Å². The van der Waals surface area contributed by atoms with Crippen LogP contribution in [0.5, 0.6) is 0 Å². The summed E-state index contributed by atoms with van der Waals surface area (Å²) >= 11 is 1.56. The summed E-state index contributed by atoms with van der Waals surface area (Å²) < 4.78 is 1.50. The Morgan fingerprint density at radius 3 is 2.94 bits per heavy atom. The number of thiophene rings is 1. The van der Waals surface area contributed by atoms with Gasteiger partial charge in [-0.2, -0.15) is 5.10 Å². The van der Waals surface area contributed by atoms with Gasteiger partial charge in [0.05, 0.1) is 5.39 Å². The number of hydrogen-bond acceptors (Lipinski definition) is 4. The Hall–Kier alpha value is -2.21. The first-order chi connectivity index (χ1) is 8.68. The molecule has 0 aliphatic heterocycles. The van der Waals surface area contributed by atoms with Crippen LogP contribution in [0.4, 0.5) is 0 Å². The maximum absolute atomic E-state index is 11.2. The second kappa shape index (κ2) is 3.92. The zero-order valence-corrected chi connectivity index (χ0v) is 10.3. The van der Waals surface area contributed by atoms with Crippen molar-refractivity contribution < 1.29 is 9.90 Å². The van der Waals surface area contributed by atoms with E-state index in [1.165, 1.54) is 4.68 Å². The van der Waals surface area contributed by atoms with Crippen LogP contribution in [0.1, 0.15) is 10.5 Å². The van der Waals surface area contributed by atoms with Crippen LogP contribution in [0, 0.1) is 0 Å². The van der Waals surface area contributed by atoms with Crippen molar-refractivity contribution in [2.24, 2.45) is 7.05 Å². The number of fused-ring (bicyclic) bond motifs is 1. The molecule has 0 fully saturated rings. The van der Waals surface area contributed by atoms with Gasteiger partial charge in [0.15, 0.2) is 11.3 Å². The Kier molecular flexibility index (Phi) is 2.38. The normalized spacial score (nSPS) is 10.9. The Morgan fingerprint density at radius 1 is 1.44 bits per heavy atom. The lowest BCUT2D eigenvalue weighted by molar-refractivity contribution is 0.0691. The van der Waals surface area contributed by atoms with E-state index in [1.807, 2.05) is 23.6 Å². The first-order valence-electron chi connectivity index (χ1n) is 5.27. The second-order valence-corrected chi connectivity index (χ2v) is 4.76. The molecule has 0 amide bonds. The van der Waals surface area contributed by atoms with Crippen LogP contribution in [0.3, 0.4) is 0 Å². The first-order valence-corrected chi connectivity index (χ1v) is 6.15. The number of pyridine rings is 1. The molecule has 0 aliphatic carbocycles. The standard InChI is InChI=1S/C12H9N3O2S/c1-15-11-9(10(14-15)12(16)17)7(4-5-13-11)8-3-2-6-18-8/h2-6H,1H3,(H,16,17). The number of aromatic nitrogens is 3. The highest BCUT2D eigenvalue weighted by Gasteiger charge is 2.19. The van der Waals surface area contributed by atoms with Crippen LogP contribution < -0.4 is 0 Å². The monoisotopic (exact) mass is 259 g/mol. The van der Waals surface area contributed by atoms with Crippen molar-refractivity contribution in [2.75, 3.05) is 0 Å². The number of hydrogen-bond donors (Lipinski definition) is 1. The van der Waals surface area contributed by atoms with Crippen molar-refractivity contribution in [3.8, 4) is 10.4 Å². The summed E-state index contributed by atoms with van der Waals surface area (Å²) in [6, 6.07) is 5.71. The fourth-order valence-electron chi connectivity index (χ4n) is 1.96. The summed E-state index contributed by atoms with van der Waals surface area (Å²) in [5.41, 5.74) is 1.49. The van der Waals surface area contributed by atoms with Gasteiger partial charge < -0.3 is 5.11 Å². The van der Waals surface area contributed by atoms with Crippen LogP contribution >= 0.6 is 11.3 Å². The number of aromatic carboxylic acids is 1. The SMILES string of the molecule is Cn1nc(C(=O)O)c2c(-c3cccs3)ccnc21. The third kappa shape index (κ3) is 1.50. The molecule has 0 radical (unpaired) electrons. The zero-order valence-electron chi connectivity index (χ0n) is 9.49. The van der Waals surface area contributed by atoms with E-state index in [4.69, 9.17) is 0 Å². The predicted molar refractivity (Wildman–Crippen MR) is 68.8 cm³/mol. The van der Waals surface area contributed by atoms with E-state index in [2.05, 4.69) is 10.1 Å². The van der Waals surface area contributed by atoms with Gasteiger partial charge in [0.25, 0.3) is 0 Å². The molecule has 0 saturated heterocycles. The Morgan fingerprint density at radius 2 is 2.28 bits per heavy atom. The third-order valence-electron chi connectivity index (χ3n) is 2.71. The molecule has 0 spiro atoms. The van der Waals surface area contributed by atoms with Crippen molar-refractivity contribution in [1.82, 2.24) is 14.8 Å². The average molecular weight is 259 g/mol. The largest absolute Gasteiger partial charge is 0.476 e. The number of carboxylic acids is 1. The van der Waals surface area contributed by atoms with Crippen molar-refractivity contribution >= 4 is 28.3 Å². The lowest BCUT2D eigenvalue weighted by atomic mass is 10.1. The maximum Gasteiger partial charge on any atom is 0.357 e. The van der Waals surface area contributed by atoms with Gasteiger partial charge in [-0.3, -0.25) is 0 Å². The topological polar surface area (TPSA) is 68.0 Å². The smallest absolute Gasteiger partial charge is 0.357 e. The minimum Gasteiger partial charge on any atom is -0.476 e. The van der Waals surface area contributed by atoms with E-state index in [-0.39, 0.29) is 5.69 Å². The van der Waals surface area contributed by atoms with Crippen LogP contribution in [-0.4, -0.2) is 25.8 Å². The Bertz CT molecular complexity index is 731. The molecule has 18 heavy (non-hydrogen) atoms. The quantitative estimate of drug-likeness (QED) is 0.767. The van der Waals surface area contributed by atoms with Crippen molar-refractivity contribution in [3.05, 3.63) is 35.5 Å². The maximum atomic E-state index is 11.2. The molecule has 0 saturated carbocycles. The van der Waals surface area contributed by atoms with Gasteiger partial charge >= 0.3 is 5.97 Å². The highest BCUT2D eigenvalue weighted by Crippen LogP contribution is 2.32. The molecule has 0 atom stereocenters. The minimum absolute atomic E-state index is 0.0454. The van der Waals surface area contributed by atoms with Gasteiger partial charge in [0.2, 0.25) is 0 Å². The van der Waals surface area contributed by atoms with Gasteiger partial charge in [-0.15, -0.1) is 11.3 Å². The van der Waals surface area contributed by atoms with Crippen LogP contribution in [0.15, 0.2) is 29.8 Å². The summed E-state index contributed by atoms with van der Waals surface area (Å²) in [4.78, 5) is 16.5. The molecule has 0 aliphatic rings. The molecular formula is C12H9N3O2S. The molecule has 0 unspecified atom stereocenters. The number of carbonyl (C=O) groups is 1. The summed E-state index contributed by atoms with van der Waals surface area (Å²) in [6.45, 7) is 0. The number of carboxylic acid groups (broad SMARTS) is 1. The zero-order chi connectivity index (χ0) is 12.7. The summed E-state index contributed by atoms with van der Waals surface area (Å²) in [6.07, 6.45) is 1.67. The van der Waals surface area contributed by atoms with E-state index >= 15 is 0 Å². The summed E-state index contributed by atoms with van der Waals surface area (Å²) in [5.74, 6) is -1.04. The van der Waals surface area contributed by atoms with Gasteiger partial charge in [-0.05, 0) is 17.5 Å². The van der Waals surface area contributed by atoms with E-state index in [9.17, 15) is 9.90 Å². The molecule has 3 heterocycles. The molecule has 5 nitrogen and oxygen atoms in total. The molecule has 6 heteroatoms. The van der Waals surface area contributed by atoms with Crippen molar-refractivity contribution in [1.29, 1.82) is 0 Å². The Labute approximate surface area is 106 Å². The Balaban J connectivity index is 2.43. The second-order valence-electron chi connectivity index (χ2n) is 3.81. The highest BCUT2D eigenvalue weighted by molar-refractivity contribution is 7.13. The van der Waals surface area contributed by atoms with Crippen molar-refractivity contribution in [2.45, 2.75) is 0 Å². The minimum atomic E-state index is -1.04. The fraction of sp³-hybridized carbons (Fsp3) is 0.0833. The number of rotatable bonds is 2. The molecule has 3 aromatic heterocycles. The van der Waals surface area contributed by atoms with Gasteiger partial charge in [0.1, 0.15) is 0 Å². The third-order valence-corrected chi connectivity index (χ3v) is 3.62. The van der Waals surface area contributed by atoms with Gasteiger partial charge in [-0.1, -0.05) is 6.07 Å². The van der Waals surface area contributed by atoms with Crippen LogP contribution in [-0.2, 0) is 7.05 Å². The lowest BCUT2D eigenvalue weighted by Crippen LogP contribution is -1.99. The average Bonchev–Trinajstić information content (AvgIpc) is 2.97. The summed E-state index contributed by atoms with van der Waals surface area (Å²) in [5, 5.41) is 15.8. The number of aryl methyl sites for hydroxylation is 1. The molecular weight excluding hydrogens is 250 g/mol. The van der Waals surface area contributed by atoms with E-state index in [0.717, 1.165) is 10.4 Å². The van der Waals surface area contributed by atoms with Gasteiger partial charge in [0, 0.05) is 23.7 Å². The molecule has 0 aromatic carbocycles. The molecule has 1 N–H and O–H groups in total. The highest BCUT2D eigenvalue weighted by atomic mass is 32.1. The molecule has 3 rings (SSSR count). The van der Waals surface area contributed by atoms with Crippen LogP contribution in [0.25, 0.3) is 21.5 Å². The van der Waals surface area contributed by atoms with E-state index in [1.54, 1.807) is 24.6 Å². The van der Waals surface area contributed by atoms with E-state index in [0.29, 0.717) is 11.0 Å².